The Morgan fingerprint density at radius 3 is 2.79 bits per heavy atom. The number of aryl methyl sites for hydroxylation is 2. The van der Waals surface area contributed by atoms with Crippen molar-refractivity contribution in [2.75, 3.05) is 20.1 Å². The van der Waals surface area contributed by atoms with E-state index >= 15 is 0 Å². The first-order chi connectivity index (χ1) is 11.6. The van der Waals surface area contributed by atoms with Crippen LogP contribution in [0.1, 0.15) is 30.2 Å². The molecule has 0 saturated carbocycles. The van der Waals surface area contributed by atoms with E-state index < -0.39 is 0 Å². The van der Waals surface area contributed by atoms with Crippen molar-refractivity contribution in [3.63, 3.8) is 0 Å². The van der Waals surface area contributed by atoms with Crippen LogP contribution in [0, 0.1) is 6.92 Å². The number of guanidine groups is 1. The quantitative estimate of drug-likeness (QED) is 0.458. The van der Waals surface area contributed by atoms with E-state index in [2.05, 4.69) is 27.3 Å². The molecule has 5 nitrogen and oxygen atoms in total. The van der Waals surface area contributed by atoms with Gasteiger partial charge < -0.3 is 10.2 Å². The van der Waals surface area contributed by atoms with Crippen molar-refractivity contribution in [3.05, 3.63) is 52.3 Å². The summed E-state index contributed by atoms with van der Waals surface area (Å²) < 4.78 is 0. The standard InChI is InChI=1S/C18H26ClN5/c1-4-20-18(21-11-7-9-15-12-22-23-14(15)2)24(3)13-16-8-5-6-10-17(16)19/h5-6,8,10,12H,4,7,9,11,13H2,1-3H3,(H,20,21)(H,22,23). The van der Waals surface area contributed by atoms with Gasteiger partial charge >= 0.3 is 0 Å². The number of benzene rings is 1. The molecule has 0 spiro atoms. The summed E-state index contributed by atoms with van der Waals surface area (Å²) in [6.07, 6.45) is 3.88. The van der Waals surface area contributed by atoms with Gasteiger partial charge in [0.05, 0.1) is 6.20 Å². The van der Waals surface area contributed by atoms with Crippen LogP contribution in [-0.2, 0) is 13.0 Å². The SMILES string of the molecule is CCNC(=NCCCc1cn[nH]c1C)N(C)Cc1ccccc1Cl. The predicted octanol–water partition coefficient (Wildman–Crippen LogP) is 3.40. The first-order valence-corrected chi connectivity index (χ1v) is 8.71. The fourth-order valence-electron chi connectivity index (χ4n) is 2.51. The van der Waals surface area contributed by atoms with Gasteiger partial charge in [0.25, 0.3) is 0 Å². The fraction of sp³-hybridized carbons (Fsp3) is 0.444. The molecule has 0 saturated heterocycles. The number of hydrogen-bond donors (Lipinski definition) is 2. The summed E-state index contributed by atoms with van der Waals surface area (Å²) in [6.45, 7) is 6.47. The number of aromatic amines is 1. The summed E-state index contributed by atoms with van der Waals surface area (Å²) >= 11 is 6.25. The lowest BCUT2D eigenvalue weighted by Crippen LogP contribution is -2.38. The minimum atomic E-state index is 0.729. The Labute approximate surface area is 149 Å². The molecule has 0 amide bonds. The van der Waals surface area contributed by atoms with Gasteiger partial charge in [-0.05, 0) is 43.9 Å². The molecule has 0 atom stereocenters. The molecule has 0 bridgehead atoms. The normalized spacial score (nSPS) is 11.6. The van der Waals surface area contributed by atoms with E-state index in [1.54, 1.807) is 0 Å². The second kappa shape index (κ2) is 9.33. The van der Waals surface area contributed by atoms with Crippen LogP contribution >= 0.6 is 11.6 Å². The maximum absolute atomic E-state index is 6.25. The molecule has 2 rings (SSSR count). The van der Waals surface area contributed by atoms with Gasteiger partial charge in [-0.3, -0.25) is 10.1 Å². The highest BCUT2D eigenvalue weighted by molar-refractivity contribution is 6.31. The van der Waals surface area contributed by atoms with Gasteiger partial charge in [0.1, 0.15) is 0 Å². The third-order valence-electron chi connectivity index (χ3n) is 3.86. The lowest BCUT2D eigenvalue weighted by molar-refractivity contribution is 0.476. The first kappa shape index (κ1) is 18.3. The van der Waals surface area contributed by atoms with Gasteiger partial charge in [-0.25, -0.2) is 0 Å². The van der Waals surface area contributed by atoms with E-state index in [1.165, 1.54) is 5.56 Å². The van der Waals surface area contributed by atoms with Gasteiger partial charge in [-0.2, -0.15) is 5.10 Å². The number of aromatic nitrogens is 2. The zero-order chi connectivity index (χ0) is 17.4. The van der Waals surface area contributed by atoms with Crippen molar-refractivity contribution in [1.82, 2.24) is 20.4 Å². The molecule has 0 radical (unpaired) electrons. The second-order valence-corrected chi connectivity index (χ2v) is 6.21. The smallest absolute Gasteiger partial charge is 0.193 e. The molecule has 1 aromatic carbocycles. The van der Waals surface area contributed by atoms with Gasteiger partial charge in [0, 0.05) is 37.4 Å². The van der Waals surface area contributed by atoms with Crippen LogP contribution in [0.3, 0.4) is 0 Å². The first-order valence-electron chi connectivity index (χ1n) is 8.33. The molecule has 2 aromatic rings. The number of H-pyrrole nitrogens is 1. The Kier molecular flexibility index (Phi) is 7.12. The van der Waals surface area contributed by atoms with Crippen LogP contribution in [0.2, 0.25) is 5.02 Å². The molecule has 1 heterocycles. The van der Waals surface area contributed by atoms with Crippen LogP contribution in [0.5, 0.6) is 0 Å². The maximum atomic E-state index is 6.25. The van der Waals surface area contributed by atoms with Crippen molar-refractivity contribution < 1.29 is 0 Å². The molecule has 1 aromatic heterocycles. The Hall–Kier alpha value is -2.01. The number of rotatable bonds is 7. The van der Waals surface area contributed by atoms with Gasteiger partial charge in [0.2, 0.25) is 0 Å². The molecule has 130 valence electrons. The van der Waals surface area contributed by atoms with Crippen LogP contribution in [0.4, 0.5) is 0 Å². The average Bonchev–Trinajstić information content (AvgIpc) is 2.97. The summed E-state index contributed by atoms with van der Waals surface area (Å²) in [5.74, 6) is 0.904. The predicted molar refractivity (Wildman–Crippen MR) is 101 cm³/mol. The number of hydrogen-bond acceptors (Lipinski definition) is 2. The molecule has 0 fully saturated rings. The topological polar surface area (TPSA) is 56.3 Å². The zero-order valence-electron chi connectivity index (χ0n) is 14.6. The molecular formula is C18H26ClN5. The summed E-state index contributed by atoms with van der Waals surface area (Å²) in [7, 11) is 2.03. The number of nitrogens with zero attached hydrogens (tertiary/aromatic N) is 3. The highest BCUT2D eigenvalue weighted by atomic mass is 35.5. The zero-order valence-corrected chi connectivity index (χ0v) is 15.4. The molecule has 24 heavy (non-hydrogen) atoms. The number of aliphatic imine (C=N–C) groups is 1. The average molecular weight is 348 g/mol. The van der Waals surface area contributed by atoms with Crippen LogP contribution < -0.4 is 5.32 Å². The van der Waals surface area contributed by atoms with Gasteiger partial charge in [-0.1, -0.05) is 29.8 Å². The molecule has 2 N–H and O–H groups in total. The van der Waals surface area contributed by atoms with E-state index in [-0.39, 0.29) is 0 Å². The summed E-state index contributed by atoms with van der Waals surface area (Å²) in [4.78, 5) is 6.83. The van der Waals surface area contributed by atoms with Crippen molar-refractivity contribution in [3.8, 4) is 0 Å². The maximum Gasteiger partial charge on any atom is 0.193 e. The molecule has 0 aliphatic carbocycles. The summed E-state index contributed by atoms with van der Waals surface area (Å²) in [5, 5.41) is 11.2. The van der Waals surface area contributed by atoms with Crippen molar-refractivity contribution in [2.24, 2.45) is 4.99 Å². The lowest BCUT2D eigenvalue weighted by Gasteiger charge is -2.22. The van der Waals surface area contributed by atoms with E-state index in [0.717, 1.165) is 54.7 Å². The molecule has 0 aliphatic heterocycles. The Balaban J connectivity index is 1.91. The fourth-order valence-corrected chi connectivity index (χ4v) is 2.70. The minimum Gasteiger partial charge on any atom is -0.357 e. The van der Waals surface area contributed by atoms with E-state index in [1.807, 2.05) is 44.4 Å². The Morgan fingerprint density at radius 2 is 2.12 bits per heavy atom. The molecule has 0 unspecified atom stereocenters. The minimum absolute atomic E-state index is 0.729. The summed E-state index contributed by atoms with van der Waals surface area (Å²) in [6, 6.07) is 7.92. The van der Waals surface area contributed by atoms with Gasteiger partial charge in [-0.15, -0.1) is 0 Å². The van der Waals surface area contributed by atoms with E-state index in [4.69, 9.17) is 16.6 Å². The van der Waals surface area contributed by atoms with Crippen molar-refractivity contribution >= 4 is 17.6 Å². The van der Waals surface area contributed by atoms with Crippen LogP contribution in [0.25, 0.3) is 0 Å². The van der Waals surface area contributed by atoms with Crippen molar-refractivity contribution in [2.45, 2.75) is 33.2 Å². The van der Waals surface area contributed by atoms with Crippen molar-refractivity contribution in [1.29, 1.82) is 0 Å². The molecule has 0 aliphatic rings. The monoisotopic (exact) mass is 347 g/mol. The van der Waals surface area contributed by atoms with Crippen LogP contribution in [0.15, 0.2) is 35.5 Å². The molecule has 6 heteroatoms. The largest absolute Gasteiger partial charge is 0.357 e. The highest BCUT2D eigenvalue weighted by Gasteiger charge is 2.08. The van der Waals surface area contributed by atoms with Crippen LogP contribution in [-0.4, -0.2) is 41.2 Å². The highest BCUT2D eigenvalue weighted by Crippen LogP contribution is 2.16. The van der Waals surface area contributed by atoms with E-state index in [9.17, 15) is 0 Å². The van der Waals surface area contributed by atoms with Gasteiger partial charge in [0.15, 0.2) is 5.96 Å². The number of nitrogens with one attached hydrogen (secondary N) is 2. The lowest BCUT2D eigenvalue weighted by atomic mass is 10.1. The third-order valence-corrected chi connectivity index (χ3v) is 4.23. The third kappa shape index (κ3) is 5.27. The number of halogens is 1. The van der Waals surface area contributed by atoms with E-state index in [0.29, 0.717) is 0 Å². The second-order valence-electron chi connectivity index (χ2n) is 5.81. The molecular weight excluding hydrogens is 322 g/mol. The Morgan fingerprint density at radius 1 is 1.33 bits per heavy atom. The Bertz CT molecular complexity index is 665. The summed E-state index contributed by atoms with van der Waals surface area (Å²) in [5.41, 5.74) is 3.50.